The van der Waals surface area contributed by atoms with Crippen molar-refractivity contribution in [3.8, 4) is 11.6 Å². The number of pyridine rings is 1. The van der Waals surface area contributed by atoms with Crippen molar-refractivity contribution >= 4 is 10.9 Å². The number of ether oxygens (including phenoxy) is 1. The Balaban J connectivity index is 2.08. The van der Waals surface area contributed by atoms with Crippen LogP contribution >= 0.6 is 0 Å². The number of rotatable bonds is 3. The summed E-state index contributed by atoms with van der Waals surface area (Å²) < 4.78 is 19.2. The molecule has 0 radical (unpaired) electrons. The van der Waals surface area contributed by atoms with Crippen molar-refractivity contribution in [1.29, 1.82) is 0 Å². The van der Waals surface area contributed by atoms with E-state index in [1.54, 1.807) is 18.2 Å². The summed E-state index contributed by atoms with van der Waals surface area (Å²) in [6, 6.07) is 15.8. The fourth-order valence-corrected chi connectivity index (χ4v) is 2.01. The largest absolute Gasteiger partial charge is 0.436 e. The second-order valence-corrected chi connectivity index (χ2v) is 4.38. The molecule has 20 heavy (non-hydrogen) atoms. The molecule has 0 bridgehead atoms. The highest BCUT2D eigenvalue weighted by Gasteiger charge is 2.10. The maximum Gasteiger partial charge on any atom is 0.224 e. The van der Waals surface area contributed by atoms with Gasteiger partial charge in [-0.15, -0.1) is 0 Å². The van der Waals surface area contributed by atoms with E-state index in [-0.39, 0.29) is 12.3 Å². The van der Waals surface area contributed by atoms with Gasteiger partial charge in [-0.25, -0.2) is 9.37 Å². The summed E-state index contributed by atoms with van der Waals surface area (Å²) in [5.74, 6) is 0.0618. The van der Waals surface area contributed by atoms with Gasteiger partial charge in [0.15, 0.2) is 11.6 Å². The molecule has 0 amide bonds. The van der Waals surface area contributed by atoms with E-state index in [2.05, 4.69) is 4.98 Å². The van der Waals surface area contributed by atoms with E-state index in [9.17, 15) is 4.39 Å². The minimum Gasteiger partial charge on any atom is -0.436 e. The predicted octanol–water partition coefficient (Wildman–Crippen LogP) is 3.62. The van der Waals surface area contributed by atoms with Gasteiger partial charge in [-0.05, 0) is 24.3 Å². The van der Waals surface area contributed by atoms with Crippen LogP contribution in [0.2, 0.25) is 0 Å². The molecule has 0 aliphatic carbocycles. The molecule has 0 spiro atoms. The number of para-hydroxylation sites is 2. The minimum absolute atomic E-state index is 0.144. The molecule has 3 aromatic rings. The van der Waals surface area contributed by atoms with Crippen LogP contribution in [0, 0.1) is 5.82 Å². The third-order valence-corrected chi connectivity index (χ3v) is 3.03. The van der Waals surface area contributed by atoms with Crippen LogP contribution in [-0.4, -0.2) is 4.98 Å². The first kappa shape index (κ1) is 12.6. The highest BCUT2D eigenvalue weighted by atomic mass is 19.1. The number of halogens is 1. The topological polar surface area (TPSA) is 48.1 Å². The van der Waals surface area contributed by atoms with Crippen LogP contribution in [0.15, 0.2) is 54.6 Å². The fraction of sp³-hybridized carbons (Fsp3) is 0.0625. The molecule has 0 saturated carbocycles. The van der Waals surface area contributed by atoms with E-state index in [0.29, 0.717) is 5.88 Å². The molecule has 0 fully saturated rings. The Bertz CT molecular complexity index is 758. The van der Waals surface area contributed by atoms with Crippen LogP contribution in [0.3, 0.4) is 0 Å². The SMILES string of the molecule is NCc1cc2ccccc2nc1Oc1ccccc1F. The highest BCUT2D eigenvalue weighted by molar-refractivity contribution is 5.80. The predicted molar refractivity (Wildman–Crippen MR) is 76.1 cm³/mol. The lowest BCUT2D eigenvalue weighted by molar-refractivity contribution is 0.424. The van der Waals surface area contributed by atoms with Crippen molar-refractivity contribution in [2.45, 2.75) is 6.54 Å². The van der Waals surface area contributed by atoms with Crippen LogP contribution in [0.4, 0.5) is 4.39 Å². The van der Waals surface area contributed by atoms with E-state index in [0.717, 1.165) is 16.5 Å². The Morgan fingerprint density at radius 3 is 2.60 bits per heavy atom. The summed E-state index contributed by atoms with van der Waals surface area (Å²) in [4.78, 5) is 4.41. The van der Waals surface area contributed by atoms with Gasteiger partial charge in [0.25, 0.3) is 0 Å². The molecule has 4 heteroatoms. The lowest BCUT2D eigenvalue weighted by Crippen LogP contribution is -2.02. The summed E-state index contributed by atoms with van der Waals surface area (Å²) >= 11 is 0. The molecule has 0 saturated heterocycles. The number of benzene rings is 2. The zero-order chi connectivity index (χ0) is 13.9. The number of nitrogens with two attached hydrogens (primary N) is 1. The molecule has 1 aromatic heterocycles. The summed E-state index contributed by atoms with van der Waals surface area (Å²) in [6.07, 6.45) is 0. The van der Waals surface area contributed by atoms with E-state index >= 15 is 0 Å². The molecule has 2 aromatic carbocycles. The normalized spacial score (nSPS) is 10.7. The first-order valence-corrected chi connectivity index (χ1v) is 6.29. The van der Waals surface area contributed by atoms with Crippen LogP contribution in [-0.2, 0) is 6.54 Å². The number of nitrogens with zero attached hydrogens (tertiary/aromatic N) is 1. The monoisotopic (exact) mass is 268 g/mol. The number of aromatic nitrogens is 1. The van der Waals surface area contributed by atoms with Gasteiger partial charge in [0.1, 0.15) is 0 Å². The molecular formula is C16H13FN2O. The van der Waals surface area contributed by atoms with Crippen LogP contribution in [0.5, 0.6) is 11.6 Å². The van der Waals surface area contributed by atoms with E-state index in [1.807, 2.05) is 30.3 Å². The molecule has 1 heterocycles. The highest BCUT2D eigenvalue weighted by Crippen LogP contribution is 2.28. The Morgan fingerprint density at radius 2 is 1.80 bits per heavy atom. The third-order valence-electron chi connectivity index (χ3n) is 3.03. The molecular weight excluding hydrogens is 255 g/mol. The average molecular weight is 268 g/mol. The molecule has 0 atom stereocenters. The maximum absolute atomic E-state index is 13.6. The van der Waals surface area contributed by atoms with Crippen molar-refractivity contribution in [2.75, 3.05) is 0 Å². The molecule has 0 unspecified atom stereocenters. The van der Waals surface area contributed by atoms with Crippen LogP contribution in [0.25, 0.3) is 10.9 Å². The Kier molecular flexibility index (Phi) is 3.31. The van der Waals surface area contributed by atoms with Gasteiger partial charge in [0, 0.05) is 17.5 Å². The molecule has 2 N–H and O–H groups in total. The Hall–Kier alpha value is -2.46. The van der Waals surface area contributed by atoms with Gasteiger partial charge in [-0.1, -0.05) is 30.3 Å². The second kappa shape index (κ2) is 5.27. The second-order valence-electron chi connectivity index (χ2n) is 4.38. The van der Waals surface area contributed by atoms with Gasteiger partial charge < -0.3 is 10.5 Å². The summed E-state index contributed by atoms with van der Waals surface area (Å²) in [5.41, 5.74) is 7.25. The van der Waals surface area contributed by atoms with Crippen molar-refractivity contribution in [2.24, 2.45) is 5.73 Å². The number of hydrogen-bond donors (Lipinski definition) is 1. The molecule has 100 valence electrons. The van der Waals surface area contributed by atoms with Crippen molar-refractivity contribution in [1.82, 2.24) is 4.98 Å². The molecule has 3 rings (SSSR count). The summed E-state index contributed by atoms with van der Waals surface area (Å²) in [6.45, 7) is 0.279. The van der Waals surface area contributed by atoms with Crippen LogP contribution < -0.4 is 10.5 Å². The van der Waals surface area contributed by atoms with Gasteiger partial charge in [0.05, 0.1) is 5.52 Å². The zero-order valence-corrected chi connectivity index (χ0v) is 10.7. The van der Waals surface area contributed by atoms with Crippen molar-refractivity contribution in [3.63, 3.8) is 0 Å². The molecule has 3 nitrogen and oxygen atoms in total. The third kappa shape index (κ3) is 2.33. The lowest BCUT2D eigenvalue weighted by Gasteiger charge is -2.11. The summed E-state index contributed by atoms with van der Waals surface area (Å²) in [7, 11) is 0. The number of hydrogen-bond acceptors (Lipinski definition) is 3. The zero-order valence-electron chi connectivity index (χ0n) is 10.7. The van der Waals surface area contributed by atoms with Gasteiger partial charge in [0.2, 0.25) is 5.88 Å². The lowest BCUT2D eigenvalue weighted by atomic mass is 10.1. The van der Waals surface area contributed by atoms with E-state index in [4.69, 9.17) is 10.5 Å². The first-order chi connectivity index (χ1) is 9.78. The van der Waals surface area contributed by atoms with Gasteiger partial charge in [-0.3, -0.25) is 0 Å². The van der Waals surface area contributed by atoms with E-state index in [1.165, 1.54) is 6.07 Å². The van der Waals surface area contributed by atoms with E-state index < -0.39 is 5.82 Å². The fourth-order valence-electron chi connectivity index (χ4n) is 2.01. The number of fused-ring (bicyclic) bond motifs is 1. The standard InChI is InChI=1S/C16H13FN2O/c17-13-6-2-4-8-15(13)20-16-12(10-18)9-11-5-1-3-7-14(11)19-16/h1-9H,10,18H2. The summed E-state index contributed by atoms with van der Waals surface area (Å²) in [5, 5.41) is 0.980. The van der Waals surface area contributed by atoms with Crippen molar-refractivity contribution in [3.05, 3.63) is 66.0 Å². The first-order valence-electron chi connectivity index (χ1n) is 6.29. The average Bonchev–Trinajstić information content (AvgIpc) is 2.49. The minimum atomic E-state index is -0.426. The maximum atomic E-state index is 13.6. The quantitative estimate of drug-likeness (QED) is 0.789. The Labute approximate surface area is 115 Å². The van der Waals surface area contributed by atoms with Gasteiger partial charge in [-0.2, -0.15) is 0 Å². The van der Waals surface area contributed by atoms with Crippen molar-refractivity contribution < 1.29 is 9.13 Å². The van der Waals surface area contributed by atoms with Gasteiger partial charge >= 0.3 is 0 Å². The van der Waals surface area contributed by atoms with Crippen LogP contribution in [0.1, 0.15) is 5.56 Å². The smallest absolute Gasteiger partial charge is 0.224 e. The molecule has 0 aliphatic heterocycles. The Morgan fingerprint density at radius 1 is 1.05 bits per heavy atom. The molecule has 0 aliphatic rings.